The van der Waals surface area contributed by atoms with E-state index < -0.39 is 0 Å². The molecule has 0 heterocycles. The van der Waals surface area contributed by atoms with Gasteiger partial charge in [0.1, 0.15) is 5.78 Å². The molecule has 0 aliphatic heterocycles. The summed E-state index contributed by atoms with van der Waals surface area (Å²) in [6.45, 7) is 5.60. The molecule has 0 aliphatic carbocycles. The molecule has 1 aromatic rings. The number of ketones is 1. The zero-order valence-electron chi connectivity index (χ0n) is 9.05. The quantitative estimate of drug-likeness (QED) is 0.774. The number of rotatable bonds is 3. The SMILES string of the molecule is CC(C)C(=O)C(C)c1c(Cl)cccc1Cl. The van der Waals surface area contributed by atoms with E-state index in [0.717, 1.165) is 5.56 Å². The van der Waals surface area contributed by atoms with Crippen molar-refractivity contribution in [3.8, 4) is 0 Å². The van der Waals surface area contributed by atoms with Crippen molar-refractivity contribution in [2.75, 3.05) is 0 Å². The Morgan fingerprint density at radius 2 is 1.60 bits per heavy atom. The van der Waals surface area contributed by atoms with Gasteiger partial charge < -0.3 is 0 Å². The van der Waals surface area contributed by atoms with Gasteiger partial charge >= 0.3 is 0 Å². The normalized spacial score (nSPS) is 12.9. The second-order valence-electron chi connectivity index (χ2n) is 3.91. The molecule has 0 radical (unpaired) electrons. The van der Waals surface area contributed by atoms with E-state index in [-0.39, 0.29) is 17.6 Å². The molecule has 82 valence electrons. The first-order valence-electron chi connectivity index (χ1n) is 4.92. The largest absolute Gasteiger partial charge is 0.299 e. The van der Waals surface area contributed by atoms with Crippen LogP contribution in [0.3, 0.4) is 0 Å². The van der Waals surface area contributed by atoms with Crippen molar-refractivity contribution >= 4 is 29.0 Å². The number of hydrogen-bond donors (Lipinski definition) is 0. The lowest BCUT2D eigenvalue weighted by atomic mass is 9.90. The topological polar surface area (TPSA) is 17.1 Å². The third-order valence-electron chi connectivity index (χ3n) is 2.43. The number of Topliss-reactive ketones (excluding diaryl/α,β-unsaturated/α-hetero) is 1. The van der Waals surface area contributed by atoms with Gasteiger partial charge in [0.15, 0.2) is 0 Å². The molecule has 1 rings (SSSR count). The molecule has 15 heavy (non-hydrogen) atoms. The lowest BCUT2D eigenvalue weighted by Crippen LogP contribution is -2.16. The highest BCUT2D eigenvalue weighted by Gasteiger charge is 2.22. The summed E-state index contributed by atoms with van der Waals surface area (Å²) in [4.78, 5) is 11.8. The van der Waals surface area contributed by atoms with Gasteiger partial charge in [-0.2, -0.15) is 0 Å². The first kappa shape index (κ1) is 12.5. The van der Waals surface area contributed by atoms with Crippen molar-refractivity contribution < 1.29 is 4.79 Å². The first-order chi connectivity index (χ1) is 6.95. The van der Waals surface area contributed by atoms with Crippen molar-refractivity contribution in [1.29, 1.82) is 0 Å². The minimum atomic E-state index is -0.244. The van der Waals surface area contributed by atoms with Crippen LogP contribution in [0.5, 0.6) is 0 Å². The maximum absolute atomic E-state index is 11.8. The molecule has 1 unspecified atom stereocenters. The van der Waals surface area contributed by atoms with Crippen molar-refractivity contribution in [1.82, 2.24) is 0 Å². The third kappa shape index (κ3) is 2.73. The molecule has 0 fully saturated rings. The van der Waals surface area contributed by atoms with E-state index in [2.05, 4.69) is 0 Å². The molecule has 0 bridgehead atoms. The van der Waals surface area contributed by atoms with Gasteiger partial charge in [-0.05, 0) is 17.7 Å². The molecule has 0 saturated carbocycles. The lowest BCUT2D eigenvalue weighted by Gasteiger charge is -2.16. The second-order valence-corrected chi connectivity index (χ2v) is 4.73. The number of carbonyl (C=O) groups is 1. The molecule has 0 aliphatic rings. The second kappa shape index (κ2) is 5.00. The smallest absolute Gasteiger partial charge is 0.142 e. The monoisotopic (exact) mass is 244 g/mol. The molecule has 0 amide bonds. The summed E-state index contributed by atoms with van der Waals surface area (Å²) in [5, 5.41) is 1.12. The maximum atomic E-state index is 11.8. The van der Waals surface area contributed by atoms with Gasteiger partial charge in [0, 0.05) is 21.9 Å². The molecule has 1 atom stereocenters. The van der Waals surface area contributed by atoms with E-state index in [0.29, 0.717) is 10.0 Å². The van der Waals surface area contributed by atoms with Gasteiger partial charge in [0.2, 0.25) is 0 Å². The maximum Gasteiger partial charge on any atom is 0.142 e. The Kier molecular flexibility index (Phi) is 4.18. The van der Waals surface area contributed by atoms with Gasteiger partial charge in [-0.25, -0.2) is 0 Å². The van der Waals surface area contributed by atoms with E-state index >= 15 is 0 Å². The van der Waals surface area contributed by atoms with Crippen LogP contribution in [-0.2, 0) is 4.79 Å². The predicted octanol–water partition coefficient (Wildman–Crippen LogP) is 4.32. The highest BCUT2D eigenvalue weighted by molar-refractivity contribution is 6.36. The van der Waals surface area contributed by atoms with Crippen LogP contribution in [0.15, 0.2) is 18.2 Å². The zero-order valence-corrected chi connectivity index (χ0v) is 10.6. The van der Waals surface area contributed by atoms with Crippen LogP contribution in [0.1, 0.15) is 32.3 Å². The number of benzene rings is 1. The summed E-state index contributed by atoms with van der Waals surface area (Å²) in [5.41, 5.74) is 0.736. The fourth-order valence-corrected chi connectivity index (χ4v) is 2.29. The van der Waals surface area contributed by atoms with Crippen LogP contribution in [0.25, 0.3) is 0 Å². The Morgan fingerprint density at radius 3 is 2.00 bits per heavy atom. The van der Waals surface area contributed by atoms with Crippen LogP contribution in [0.2, 0.25) is 10.0 Å². The summed E-state index contributed by atoms with van der Waals surface area (Å²) < 4.78 is 0. The van der Waals surface area contributed by atoms with Gasteiger partial charge in [-0.15, -0.1) is 0 Å². The number of halogens is 2. The van der Waals surface area contributed by atoms with E-state index in [1.54, 1.807) is 18.2 Å². The van der Waals surface area contributed by atoms with Gasteiger partial charge in [0.25, 0.3) is 0 Å². The molecule has 0 N–H and O–H groups in total. The van der Waals surface area contributed by atoms with Crippen LogP contribution < -0.4 is 0 Å². The van der Waals surface area contributed by atoms with Crippen LogP contribution in [0, 0.1) is 5.92 Å². The average Bonchev–Trinajstić information content (AvgIpc) is 2.15. The highest BCUT2D eigenvalue weighted by Crippen LogP contribution is 2.32. The molecule has 0 aromatic heterocycles. The first-order valence-corrected chi connectivity index (χ1v) is 5.68. The van der Waals surface area contributed by atoms with Crippen molar-refractivity contribution in [2.45, 2.75) is 26.7 Å². The van der Waals surface area contributed by atoms with E-state index in [1.165, 1.54) is 0 Å². The molecule has 1 nitrogen and oxygen atoms in total. The van der Waals surface area contributed by atoms with Crippen LogP contribution in [-0.4, -0.2) is 5.78 Å². The van der Waals surface area contributed by atoms with Crippen LogP contribution >= 0.6 is 23.2 Å². The van der Waals surface area contributed by atoms with Gasteiger partial charge in [0.05, 0.1) is 0 Å². The van der Waals surface area contributed by atoms with Crippen molar-refractivity contribution in [2.24, 2.45) is 5.92 Å². The molecule has 0 spiro atoms. The Balaban J connectivity index is 3.11. The summed E-state index contributed by atoms with van der Waals surface area (Å²) in [7, 11) is 0. The fraction of sp³-hybridized carbons (Fsp3) is 0.417. The van der Waals surface area contributed by atoms with E-state index in [4.69, 9.17) is 23.2 Å². The molecular weight excluding hydrogens is 231 g/mol. The van der Waals surface area contributed by atoms with Gasteiger partial charge in [-0.3, -0.25) is 4.79 Å². The predicted molar refractivity (Wildman–Crippen MR) is 64.7 cm³/mol. The highest BCUT2D eigenvalue weighted by atomic mass is 35.5. The van der Waals surface area contributed by atoms with Crippen molar-refractivity contribution in [3.05, 3.63) is 33.8 Å². The third-order valence-corrected chi connectivity index (χ3v) is 3.09. The summed E-state index contributed by atoms with van der Waals surface area (Å²) in [6, 6.07) is 5.29. The number of hydrogen-bond acceptors (Lipinski definition) is 1. The minimum absolute atomic E-state index is 0.00709. The Bertz CT molecular complexity index is 352. The molecule has 0 saturated heterocycles. The minimum Gasteiger partial charge on any atom is -0.299 e. The Hall–Kier alpha value is -0.530. The van der Waals surface area contributed by atoms with Gasteiger partial charge in [-0.1, -0.05) is 50.0 Å². The zero-order chi connectivity index (χ0) is 11.6. The molecule has 1 aromatic carbocycles. The van der Waals surface area contributed by atoms with Crippen molar-refractivity contribution in [3.63, 3.8) is 0 Å². The van der Waals surface area contributed by atoms with E-state index in [9.17, 15) is 4.79 Å². The Labute approximate surface area is 100 Å². The summed E-state index contributed by atoms with van der Waals surface area (Å²) >= 11 is 12.1. The van der Waals surface area contributed by atoms with E-state index in [1.807, 2.05) is 20.8 Å². The fourth-order valence-electron chi connectivity index (χ4n) is 1.57. The Morgan fingerprint density at radius 1 is 1.13 bits per heavy atom. The summed E-state index contributed by atoms with van der Waals surface area (Å²) in [5.74, 6) is -0.0939. The standard InChI is InChI=1S/C12H14Cl2O/c1-7(2)12(15)8(3)11-9(13)5-4-6-10(11)14/h4-8H,1-3H3. The molecule has 3 heteroatoms. The summed E-state index contributed by atoms with van der Waals surface area (Å²) in [6.07, 6.45) is 0. The number of carbonyl (C=O) groups excluding carboxylic acids is 1. The van der Waals surface area contributed by atoms with Crippen LogP contribution in [0.4, 0.5) is 0 Å². The lowest BCUT2D eigenvalue weighted by molar-refractivity contribution is -0.123. The molecular formula is C12H14Cl2O. The average molecular weight is 245 g/mol.